The normalized spacial score (nSPS) is 18.5. The molecule has 2 aromatic rings. The summed E-state index contributed by atoms with van der Waals surface area (Å²) < 4.78 is 5.92. The third kappa shape index (κ3) is 6.07. The van der Waals surface area contributed by atoms with Crippen LogP contribution in [0.15, 0.2) is 54.6 Å². The Bertz CT molecular complexity index is 841. The number of para-hydroxylation sites is 1. The first-order chi connectivity index (χ1) is 14.5. The molecule has 1 fully saturated rings. The summed E-state index contributed by atoms with van der Waals surface area (Å²) in [5.41, 5.74) is 1.89. The van der Waals surface area contributed by atoms with E-state index < -0.39 is 0 Å². The molecule has 2 N–H and O–H groups in total. The van der Waals surface area contributed by atoms with E-state index in [9.17, 15) is 9.59 Å². The van der Waals surface area contributed by atoms with Crippen molar-refractivity contribution in [3.63, 3.8) is 0 Å². The van der Waals surface area contributed by atoms with Gasteiger partial charge in [-0.2, -0.15) is 0 Å². The first-order valence-corrected chi connectivity index (χ1v) is 10.6. The topological polar surface area (TPSA) is 70.7 Å². The Morgan fingerprint density at radius 1 is 1.07 bits per heavy atom. The van der Waals surface area contributed by atoms with Crippen LogP contribution in [-0.4, -0.2) is 38.2 Å². The second-order valence-electron chi connectivity index (χ2n) is 7.83. The summed E-state index contributed by atoms with van der Waals surface area (Å²) in [6.45, 7) is 3.18. The van der Waals surface area contributed by atoms with Crippen LogP contribution in [0.2, 0.25) is 0 Å². The van der Waals surface area contributed by atoms with Crippen LogP contribution in [-0.2, 0) is 4.74 Å². The maximum absolute atomic E-state index is 12.8. The fourth-order valence-electron chi connectivity index (χ4n) is 3.77. The number of benzene rings is 2. The Hall–Kier alpha value is -2.86. The van der Waals surface area contributed by atoms with Gasteiger partial charge >= 0.3 is 6.03 Å². The monoisotopic (exact) mass is 409 g/mol. The van der Waals surface area contributed by atoms with Gasteiger partial charge in [-0.05, 0) is 49.1 Å². The summed E-state index contributed by atoms with van der Waals surface area (Å²) in [5, 5.41) is 5.60. The van der Waals surface area contributed by atoms with Crippen LogP contribution in [0.5, 0.6) is 0 Å². The lowest BCUT2D eigenvalue weighted by atomic mass is 9.88. The zero-order chi connectivity index (χ0) is 21.3. The van der Waals surface area contributed by atoms with Crippen molar-refractivity contribution in [1.82, 2.24) is 5.32 Å². The fourth-order valence-corrected chi connectivity index (χ4v) is 3.77. The van der Waals surface area contributed by atoms with E-state index in [0.29, 0.717) is 36.4 Å². The molecule has 1 saturated carbocycles. The van der Waals surface area contributed by atoms with Crippen LogP contribution in [0.4, 0.5) is 16.2 Å². The minimum absolute atomic E-state index is 0.139. The van der Waals surface area contributed by atoms with E-state index in [-0.39, 0.29) is 11.9 Å². The fraction of sp³-hybridized carbons (Fsp3) is 0.417. The van der Waals surface area contributed by atoms with Gasteiger partial charge in [0.2, 0.25) is 0 Å². The molecule has 6 heteroatoms. The number of rotatable bonds is 7. The van der Waals surface area contributed by atoms with Gasteiger partial charge in [-0.15, -0.1) is 0 Å². The Morgan fingerprint density at radius 3 is 2.60 bits per heavy atom. The standard InChI is InChI=1S/C24H31N3O3/c1-18-9-6-7-14-22(18)30-16-15-25-24(29)26-20-11-8-10-19(17-20)23(28)27(2)21-12-4-3-5-13-21/h3-5,8,10-13,17-18,22H,6-7,9,14-16H2,1-2H3,(H2,25,26,29). The van der Waals surface area contributed by atoms with E-state index in [4.69, 9.17) is 4.74 Å². The molecule has 2 atom stereocenters. The van der Waals surface area contributed by atoms with E-state index in [2.05, 4.69) is 17.6 Å². The van der Waals surface area contributed by atoms with Gasteiger partial charge < -0.3 is 20.3 Å². The molecule has 0 spiro atoms. The van der Waals surface area contributed by atoms with Gasteiger partial charge in [0.1, 0.15) is 0 Å². The third-order valence-electron chi connectivity index (χ3n) is 5.57. The lowest BCUT2D eigenvalue weighted by molar-refractivity contribution is -0.00232. The molecule has 2 aromatic carbocycles. The number of ether oxygens (including phenoxy) is 1. The van der Waals surface area contributed by atoms with Gasteiger partial charge in [0.15, 0.2) is 0 Å². The van der Waals surface area contributed by atoms with Crippen molar-refractivity contribution in [2.24, 2.45) is 5.92 Å². The van der Waals surface area contributed by atoms with Crippen LogP contribution >= 0.6 is 0 Å². The predicted molar refractivity (Wildman–Crippen MR) is 120 cm³/mol. The van der Waals surface area contributed by atoms with Crippen molar-refractivity contribution < 1.29 is 14.3 Å². The summed E-state index contributed by atoms with van der Waals surface area (Å²) in [6, 6.07) is 16.1. The minimum Gasteiger partial charge on any atom is -0.376 e. The van der Waals surface area contributed by atoms with Gasteiger partial charge in [0.05, 0.1) is 12.7 Å². The molecule has 1 aliphatic carbocycles. The Kier molecular flexibility index (Phi) is 7.85. The maximum atomic E-state index is 12.8. The van der Waals surface area contributed by atoms with E-state index in [0.717, 1.165) is 12.1 Å². The van der Waals surface area contributed by atoms with Gasteiger partial charge in [-0.25, -0.2) is 4.79 Å². The number of hydrogen-bond donors (Lipinski definition) is 2. The zero-order valence-corrected chi connectivity index (χ0v) is 17.8. The number of nitrogens with zero attached hydrogens (tertiary/aromatic N) is 1. The number of carbonyl (C=O) groups excluding carboxylic acids is 2. The minimum atomic E-state index is -0.309. The van der Waals surface area contributed by atoms with Gasteiger partial charge in [-0.1, -0.05) is 44.0 Å². The molecule has 0 heterocycles. The molecule has 0 saturated heterocycles. The van der Waals surface area contributed by atoms with Gasteiger partial charge in [0, 0.05) is 30.5 Å². The van der Waals surface area contributed by atoms with Crippen LogP contribution in [0.25, 0.3) is 0 Å². The zero-order valence-electron chi connectivity index (χ0n) is 17.8. The number of amides is 3. The lowest BCUT2D eigenvalue weighted by Crippen LogP contribution is -2.34. The van der Waals surface area contributed by atoms with Crippen LogP contribution in [0.1, 0.15) is 43.0 Å². The van der Waals surface area contributed by atoms with Crippen LogP contribution < -0.4 is 15.5 Å². The SMILES string of the molecule is CC1CCCCC1OCCNC(=O)Nc1cccc(C(=O)N(C)c2ccccc2)c1. The number of anilines is 2. The Labute approximate surface area is 178 Å². The summed E-state index contributed by atoms with van der Waals surface area (Å²) >= 11 is 0. The summed E-state index contributed by atoms with van der Waals surface area (Å²) in [6.07, 6.45) is 5.12. The van der Waals surface area contributed by atoms with E-state index >= 15 is 0 Å². The number of carbonyl (C=O) groups is 2. The largest absolute Gasteiger partial charge is 0.376 e. The van der Waals surface area contributed by atoms with Crippen molar-refractivity contribution in [2.45, 2.75) is 38.7 Å². The highest BCUT2D eigenvalue weighted by Crippen LogP contribution is 2.26. The smallest absolute Gasteiger partial charge is 0.319 e. The number of urea groups is 1. The average Bonchev–Trinajstić information content (AvgIpc) is 2.77. The molecular weight excluding hydrogens is 378 g/mol. The molecule has 0 aliphatic heterocycles. The Morgan fingerprint density at radius 2 is 1.83 bits per heavy atom. The molecule has 3 rings (SSSR count). The number of hydrogen-bond acceptors (Lipinski definition) is 3. The van der Waals surface area contributed by atoms with Crippen molar-refractivity contribution in [3.05, 3.63) is 60.2 Å². The Balaban J connectivity index is 1.47. The maximum Gasteiger partial charge on any atom is 0.319 e. The van der Waals surface area contributed by atoms with Gasteiger partial charge in [-0.3, -0.25) is 4.79 Å². The second kappa shape index (κ2) is 10.8. The summed E-state index contributed by atoms with van der Waals surface area (Å²) in [4.78, 5) is 26.5. The van der Waals surface area contributed by atoms with Crippen LogP contribution in [0.3, 0.4) is 0 Å². The van der Waals surface area contributed by atoms with Crippen molar-refractivity contribution in [1.29, 1.82) is 0 Å². The summed E-state index contributed by atoms with van der Waals surface area (Å²) in [7, 11) is 1.73. The van der Waals surface area contributed by atoms with Crippen molar-refractivity contribution in [2.75, 3.05) is 30.4 Å². The number of nitrogens with one attached hydrogen (secondary N) is 2. The van der Waals surface area contributed by atoms with Gasteiger partial charge in [0.25, 0.3) is 5.91 Å². The highest BCUT2D eigenvalue weighted by Gasteiger charge is 2.21. The first-order valence-electron chi connectivity index (χ1n) is 10.6. The highest BCUT2D eigenvalue weighted by atomic mass is 16.5. The van der Waals surface area contributed by atoms with Crippen molar-refractivity contribution >= 4 is 23.3 Å². The second-order valence-corrected chi connectivity index (χ2v) is 7.83. The first kappa shape index (κ1) is 21.8. The molecule has 30 heavy (non-hydrogen) atoms. The average molecular weight is 410 g/mol. The third-order valence-corrected chi connectivity index (χ3v) is 5.57. The van der Waals surface area contributed by atoms with Crippen molar-refractivity contribution in [3.8, 4) is 0 Å². The molecule has 1 aliphatic rings. The highest BCUT2D eigenvalue weighted by molar-refractivity contribution is 6.06. The molecule has 6 nitrogen and oxygen atoms in total. The lowest BCUT2D eigenvalue weighted by Gasteiger charge is -2.28. The molecule has 2 unspecified atom stereocenters. The van der Waals surface area contributed by atoms with E-state index in [1.165, 1.54) is 19.3 Å². The van der Waals surface area contributed by atoms with E-state index in [1.807, 2.05) is 30.3 Å². The quantitative estimate of drug-likeness (QED) is 0.652. The van der Waals surface area contributed by atoms with Crippen LogP contribution in [0, 0.1) is 5.92 Å². The van der Waals surface area contributed by atoms with E-state index in [1.54, 1.807) is 36.2 Å². The molecular formula is C24H31N3O3. The molecule has 160 valence electrons. The summed E-state index contributed by atoms with van der Waals surface area (Å²) in [5.74, 6) is 0.446. The molecule has 0 radical (unpaired) electrons. The molecule has 3 amide bonds. The molecule has 0 aromatic heterocycles. The molecule has 0 bridgehead atoms. The predicted octanol–water partition coefficient (Wildman–Crippen LogP) is 4.68.